The summed E-state index contributed by atoms with van der Waals surface area (Å²) in [6.07, 6.45) is 0.511. The van der Waals surface area contributed by atoms with Crippen LogP contribution in [0.1, 0.15) is 26.3 Å². The third kappa shape index (κ3) is 2.99. The summed E-state index contributed by atoms with van der Waals surface area (Å²) in [4.78, 5) is 11.4. The van der Waals surface area contributed by atoms with E-state index in [1.165, 1.54) is 0 Å². The Morgan fingerprint density at radius 3 is 2.59 bits per heavy atom. The van der Waals surface area contributed by atoms with Crippen LogP contribution in [0.3, 0.4) is 0 Å². The summed E-state index contributed by atoms with van der Waals surface area (Å²) in [5.74, 6) is 0.0838. The van der Waals surface area contributed by atoms with Gasteiger partial charge in [0.1, 0.15) is 5.75 Å². The lowest BCUT2D eigenvalue weighted by molar-refractivity contribution is -0.150. The average molecular weight is 236 g/mol. The number of rotatable bonds is 5. The number of methoxy groups -OCH3 is 1. The molecular formula is C14H20O3. The van der Waals surface area contributed by atoms with Crippen LogP contribution in [0.4, 0.5) is 0 Å². The van der Waals surface area contributed by atoms with Gasteiger partial charge in [0, 0.05) is 0 Å². The first-order valence-corrected chi connectivity index (χ1v) is 5.76. The molecule has 1 N–H and O–H groups in total. The van der Waals surface area contributed by atoms with Crippen LogP contribution < -0.4 is 4.74 Å². The van der Waals surface area contributed by atoms with E-state index in [4.69, 9.17) is 4.74 Å². The molecule has 94 valence electrons. The van der Waals surface area contributed by atoms with Crippen LogP contribution >= 0.6 is 0 Å². The lowest BCUT2D eigenvalue weighted by Gasteiger charge is -2.29. The minimum Gasteiger partial charge on any atom is -0.497 e. The van der Waals surface area contributed by atoms with Crippen LogP contribution in [-0.4, -0.2) is 18.2 Å². The second-order valence-corrected chi connectivity index (χ2v) is 4.91. The summed E-state index contributed by atoms with van der Waals surface area (Å²) >= 11 is 0. The van der Waals surface area contributed by atoms with E-state index in [-0.39, 0.29) is 5.92 Å². The fraction of sp³-hybridized carbons (Fsp3) is 0.500. The van der Waals surface area contributed by atoms with Crippen molar-refractivity contribution in [3.63, 3.8) is 0 Å². The number of hydrogen-bond acceptors (Lipinski definition) is 2. The number of carboxylic acid groups (broad SMARTS) is 1. The molecule has 0 aliphatic heterocycles. The van der Waals surface area contributed by atoms with Crippen molar-refractivity contribution in [2.45, 2.75) is 27.2 Å². The molecule has 0 amide bonds. The summed E-state index contributed by atoms with van der Waals surface area (Å²) in [7, 11) is 1.61. The molecule has 3 heteroatoms. The highest BCUT2D eigenvalue weighted by atomic mass is 16.5. The predicted molar refractivity (Wildman–Crippen MR) is 67.3 cm³/mol. The number of hydrogen-bond donors (Lipinski definition) is 1. The molecule has 3 nitrogen and oxygen atoms in total. The lowest BCUT2D eigenvalue weighted by Crippen LogP contribution is -2.35. The van der Waals surface area contributed by atoms with Crippen molar-refractivity contribution in [3.05, 3.63) is 29.8 Å². The fourth-order valence-electron chi connectivity index (χ4n) is 1.73. The maximum absolute atomic E-state index is 11.4. The number of benzene rings is 1. The van der Waals surface area contributed by atoms with Gasteiger partial charge in [0.15, 0.2) is 0 Å². The molecule has 0 saturated heterocycles. The Morgan fingerprint density at radius 2 is 2.12 bits per heavy atom. The van der Waals surface area contributed by atoms with Crippen molar-refractivity contribution in [2.75, 3.05) is 7.11 Å². The van der Waals surface area contributed by atoms with Crippen molar-refractivity contribution >= 4 is 5.97 Å². The Balaban J connectivity index is 2.98. The largest absolute Gasteiger partial charge is 0.497 e. The van der Waals surface area contributed by atoms with E-state index in [0.717, 1.165) is 11.3 Å². The molecule has 0 radical (unpaired) electrons. The fourth-order valence-corrected chi connectivity index (χ4v) is 1.73. The first-order chi connectivity index (χ1) is 7.90. The number of aliphatic carboxylic acids is 1. The minimum atomic E-state index is -0.754. The van der Waals surface area contributed by atoms with Crippen molar-refractivity contribution in [3.8, 4) is 5.75 Å². The summed E-state index contributed by atoms with van der Waals surface area (Å²) < 4.78 is 5.14. The van der Waals surface area contributed by atoms with E-state index in [0.29, 0.717) is 6.42 Å². The van der Waals surface area contributed by atoms with E-state index >= 15 is 0 Å². The van der Waals surface area contributed by atoms with Crippen molar-refractivity contribution < 1.29 is 14.6 Å². The van der Waals surface area contributed by atoms with Crippen LogP contribution in [0.2, 0.25) is 0 Å². The van der Waals surface area contributed by atoms with Crippen LogP contribution in [0.15, 0.2) is 24.3 Å². The van der Waals surface area contributed by atoms with Gasteiger partial charge in [-0.3, -0.25) is 4.79 Å². The molecule has 1 unspecified atom stereocenters. The molecule has 1 rings (SSSR count). The molecule has 0 spiro atoms. The zero-order valence-electron chi connectivity index (χ0n) is 10.9. The van der Waals surface area contributed by atoms with Crippen LogP contribution in [0, 0.1) is 11.3 Å². The molecule has 1 atom stereocenters. The Kier molecular flexibility index (Phi) is 4.16. The molecule has 0 aromatic heterocycles. The van der Waals surface area contributed by atoms with E-state index in [9.17, 15) is 9.90 Å². The van der Waals surface area contributed by atoms with Gasteiger partial charge in [-0.25, -0.2) is 0 Å². The Labute approximate surface area is 102 Å². The molecule has 17 heavy (non-hydrogen) atoms. The molecule has 0 saturated carbocycles. The van der Waals surface area contributed by atoms with Gasteiger partial charge in [-0.05, 0) is 37.0 Å². The Hall–Kier alpha value is -1.51. The molecule has 0 fully saturated rings. The zero-order chi connectivity index (χ0) is 13.1. The standard InChI is InChI=1S/C14H20O3/c1-10(2)14(3,13(15)16)9-11-6-5-7-12(8-11)17-4/h5-8,10H,9H2,1-4H3,(H,15,16). The zero-order valence-corrected chi connectivity index (χ0v) is 10.9. The quantitative estimate of drug-likeness (QED) is 0.854. The second kappa shape index (κ2) is 5.21. The van der Waals surface area contributed by atoms with Crippen molar-refractivity contribution in [2.24, 2.45) is 11.3 Å². The first kappa shape index (κ1) is 13.6. The van der Waals surface area contributed by atoms with E-state index in [1.54, 1.807) is 14.0 Å². The number of ether oxygens (including phenoxy) is 1. The molecule has 1 aromatic carbocycles. The lowest BCUT2D eigenvalue weighted by atomic mass is 9.74. The molecule has 0 aliphatic rings. The van der Waals surface area contributed by atoms with Gasteiger partial charge in [0.05, 0.1) is 12.5 Å². The number of carboxylic acids is 1. The van der Waals surface area contributed by atoms with Gasteiger partial charge in [0.25, 0.3) is 0 Å². The van der Waals surface area contributed by atoms with Crippen molar-refractivity contribution in [1.82, 2.24) is 0 Å². The van der Waals surface area contributed by atoms with E-state index in [1.807, 2.05) is 38.1 Å². The van der Waals surface area contributed by atoms with Gasteiger partial charge in [-0.1, -0.05) is 26.0 Å². The first-order valence-electron chi connectivity index (χ1n) is 5.76. The van der Waals surface area contributed by atoms with Crippen LogP contribution in [0.25, 0.3) is 0 Å². The van der Waals surface area contributed by atoms with Crippen molar-refractivity contribution in [1.29, 1.82) is 0 Å². The highest BCUT2D eigenvalue weighted by Crippen LogP contribution is 2.32. The third-order valence-electron chi connectivity index (χ3n) is 3.47. The maximum atomic E-state index is 11.4. The predicted octanol–water partition coefficient (Wildman–Crippen LogP) is 2.98. The van der Waals surface area contributed by atoms with Crippen LogP contribution in [0.5, 0.6) is 5.75 Å². The highest BCUT2D eigenvalue weighted by molar-refractivity contribution is 5.75. The number of carbonyl (C=O) groups is 1. The van der Waals surface area contributed by atoms with Gasteiger partial charge < -0.3 is 9.84 Å². The topological polar surface area (TPSA) is 46.5 Å². The molecule has 0 bridgehead atoms. The van der Waals surface area contributed by atoms with E-state index < -0.39 is 11.4 Å². The molecule has 0 heterocycles. The SMILES string of the molecule is COc1cccc(CC(C)(C(=O)O)C(C)C)c1. The smallest absolute Gasteiger partial charge is 0.309 e. The van der Waals surface area contributed by atoms with Gasteiger partial charge in [-0.15, -0.1) is 0 Å². The summed E-state index contributed by atoms with van der Waals surface area (Å²) in [5, 5.41) is 9.36. The molecule has 1 aromatic rings. The normalized spacial score (nSPS) is 14.4. The second-order valence-electron chi connectivity index (χ2n) is 4.91. The third-order valence-corrected chi connectivity index (χ3v) is 3.47. The summed E-state index contributed by atoms with van der Waals surface area (Å²) in [6.45, 7) is 5.67. The van der Waals surface area contributed by atoms with Gasteiger partial charge in [0.2, 0.25) is 0 Å². The maximum Gasteiger partial charge on any atom is 0.309 e. The summed E-state index contributed by atoms with van der Waals surface area (Å²) in [5.41, 5.74) is 0.245. The Morgan fingerprint density at radius 1 is 1.47 bits per heavy atom. The Bertz CT molecular complexity index is 398. The monoisotopic (exact) mass is 236 g/mol. The van der Waals surface area contributed by atoms with E-state index in [2.05, 4.69) is 0 Å². The highest BCUT2D eigenvalue weighted by Gasteiger charge is 2.36. The molecule has 0 aliphatic carbocycles. The minimum absolute atomic E-state index is 0.0752. The molecular weight excluding hydrogens is 216 g/mol. The van der Waals surface area contributed by atoms with Gasteiger partial charge >= 0.3 is 5.97 Å². The van der Waals surface area contributed by atoms with Crippen LogP contribution in [-0.2, 0) is 11.2 Å². The average Bonchev–Trinajstić information content (AvgIpc) is 2.28. The van der Waals surface area contributed by atoms with Gasteiger partial charge in [-0.2, -0.15) is 0 Å². The summed E-state index contributed by atoms with van der Waals surface area (Å²) in [6, 6.07) is 7.57.